The van der Waals surface area contributed by atoms with Crippen LogP contribution in [0.25, 0.3) is 10.9 Å². The van der Waals surface area contributed by atoms with E-state index in [1.165, 1.54) is 24.4 Å². The lowest BCUT2D eigenvalue weighted by Gasteiger charge is -2.22. The highest BCUT2D eigenvalue weighted by Crippen LogP contribution is 2.34. The SMILES string of the molecule is COC(=O)[C@H](C)Oc1c(Br)cc(Cl)cc1C=Nn1c(C2CCCCC2)nc2ccccc2c1=O. The third kappa shape index (κ3) is 5.18. The first-order valence-corrected chi connectivity index (χ1v) is 12.4. The Bertz CT molecular complexity index is 1300. The molecule has 0 radical (unpaired) electrons. The van der Waals surface area contributed by atoms with Gasteiger partial charge in [-0.3, -0.25) is 4.79 Å². The number of para-hydroxylation sites is 1. The zero-order valence-electron chi connectivity index (χ0n) is 19.0. The van der Waals surface area contributed by atoms with E-state index in [-0.39, 0.29) is 11.5 Å². The number of benzene rings is 2. The van der Waals surface area contributed by atoms with Gasteiger partial charge in [-0.2, -0.15) is 9.78 Å². The van der Waals surface area contributed by atoms with E-state index in [4.69, 9.17) is 26.1 Å². The molecule has 0 bridgehead atoms. The number of fused-ring (bicyclic) bond motifs is 1. The molecule has 0 saturated heterocycles. The van der Waals surface area contributed by atoms with E-state index in [1.54, 1.807) is 25.1 Å². The summed E-state index contributed by atoms with van der Waals surface area (Å²) >= 11 is 9.72. The molecule has 1 aliphatic rings. The fourth-order valence-electron chi connectivity index (χ4n) is 4.19. The predicted octanol–water partition coefficient (Wildman–Crippen LogP) is 5.68. The maximum Gasteiger partial charge on any atom is 0.346 e. The summed E-state index contributed by atoms with van der Waals surface area (Å²) in [6.07, 6.45) is 5.98. The van der Waals surface area contributed by atoms with Crippen LogP contribution in [0.15, 0.2) is 50.8 Å². The Kier molecular flexibility index (Phi) is 7.68. The van der Waals surface area contributed by atoms with E-state index >= 15 is 0 Å². The van der Waals surface area contributed by atoms with Gasteiger partial charge >= 0.3 is 5.97 Å². The summed E-state index contributed by atoms with van der Waals surface area (Å²) in [5, 5.41) is 5.51. The molecule has 34 heavy (non-hydrogen) atoms. The maximum atomic E-state index is 13.4. The van der Waals surface area contributed by atoms with Crippen LogP contribution in [-0.2, 0) is 9.53 Å². The highest BCUT2D eigenvalue weighted by Gasteiger charge is 2.23. The maximum absolute atomic E-state index is 13.4. The number of halogens is 2. The number of nitrogens with zero attached hydrogens (tertiary/aromatic N) is 3. The van der Waals surface area contributed by atoms with Crippen LogP contribution in [-0.4, -0.2) is 35.1 Å². The van der Waals surface area contributed by atoms with Gasteiger partial charge in [0.2, 0.25) is 0 Å². The molecule has 2 aromatic carbocycles. The molecule has 1 heterocycles. The molecule has 0 spiro atoms. The summed E-state index contributed by atoms with van der Waals surface area (Å²) in [4.78, 5) is 30.2. The number of rotatable bonds is 6. The normalized spacial score (nSPS) is 15.5. The molecule has 0 amide bonds. The second kappa shape index (κ2) is 10.7. The monoisotopic (exact) mass is 545 g/mol. The van der Waals surface area contributed by atoms with Gasteiger partial charge in [0.05, 0.1) is 28.7 Å². The number of methoxy groups -OCH3 is 1. The van der Waals surface area contributed by atoms with E-state index in [2.05, 4.69) is 21.0 Å². The number of aromatic nitrogens is 2. The van der Waals surface area contributed by atoms with Crippen molar-refractivity contribution in [1.82, 2.24) is 9.66 Å². The molecular weight excluding hydrogens is 522 g/mol. The van der Waals surface area contributed by atoms with Gasteiger partial charge in [-0.25, -0.2) is 9.78 Å². The lowest BCUT2D eigenvalue weighted by atomic mass is 9.88. The first-order chi connectivity index (χ1) is 16.4. The van der Waals surface area contributed by atoms with E-state index in [0.29, 0.717) is 37.5 Å². The van der Waals surface area contributed by atoms with E-state index in [0.717, 1.165) is 25.7 Å². The highest BCUT2D eigenvalue weighted by atomic mass is 79.9. The molecule has 0 aliphatic heterocycles. The van der Waals surface area contributed by atoms with Crippen molar-refractivity contribution < 1.29 is 14.3 Å². The molecule has 1 aromatic heterocycles. The summed E-state index contributed by atoms with van der Waals surface area (Å²) in [7, 11) is 1.30. The average Bonchev–Trinajstić information content (AvgIpc) is 2.85. The molecule has 1 aliphatic carbocycles. The zero-order chi connectivity index (χ0) is 24.2. The number of hydrogen-bond donors (Lipinski definition) is 0. The minimum absolute atomic E-state index is 0.157. The van der Waals surface area contributed by atoms with E-state index < -0.39 is 12.1 Å². The topological polar surface area (TPSA) is 82.8 Å². The Hall–Kier alpha value is -2.71. The van der Waals surface area contributed by atoms with Gasteiger partial charge in [0, 0.05) is 16.5 Å². The second-order valence-corrected chi connectivity index (χ2v) is 9.56. The molecule has 1 saturated carbocycles. The van der Waals surface area contributed by atoms with Crippen molar-refractivity contribution in [3.8, 4) is 5.75 Å². The van der Waals surface area contributed by atoms with Crippen LogP contribution < -0.4 is 10.3 Å². The zero-order valence-corrected chi connectivity index (χ0v) is 21.3. The Morgan fingerprint density at radius 2 is 2.00 bits per heavy atom. The van der Waals surface area contributed by atoms with Crippen molar-refractivity contribution >= 4 is 50.6 Å². The largest absolute Gasteiger partial charge is 0.477 e. The number of carbonyl (C=O) groups is 1. The standard InChI is InChI=1S/C25H25BrClN3O4/c1-15(25(32)33-2)34-22-17(12-18(27)13-20(22)26)14-28-30-23(16-8-4-3-5-9-16)29-21-11-7-6-10-19(21)24(30)31/h6-7,10-16H,3-5,8-9H2,1-2H3/t15-/m0/s1. The predicted molar refractivity (Wildman–Crippen MR) is 136 cm³/mol. The first kappa shape index (κ1) is 24.4. The molecule has 4 rings (SSSR count). The fraction of sp³-hybridized carbons (Fsp3) is 0.360. The van der Waals surface area contributed by atoms with Crippen LogP contribution >= 0.6 is 27.5 Å². The summed E-state index contributed by atoms with van der Waals surface area (Å²) in [5.74, 6) is 0.668. The third-order valence-corrected chi connectivity index (χ3v) is 6.73. The van der Waals surface area contributed by atoms with E-state index in [9.17, 15) is 9.59 Å². The Morgan fingerprint density at radius 3 is 2.74 bits per heavy atom. The van der Waals surface area contributed by atoms with Crippen LogP contribution in [0, 0.1) is 0 Å². The van der Waals surface area contributed by atoms with Crippen molar-refractivity contribution in [3.05, 3.63) is 67.6 Å². The Labute approximate surface area is 210 Å². The van der Waals surface area contributed by atoms with Crippen LogP contribution in [0.5, 0.6) is 5.75 Å². The quantitative estimate of drug-likeness (QED) is 0.293. The number of ether oxygens (including phenoxy) is 2. The van der Waals surface area contributed by atoms with Gasteiger partial charge in [-0.1, -0.05) is 43.0 Å². The lowest BCUT2D eigenvalue weighted by Crippen LogP contribution is -2.26. The highest BCUT2D eigenvalue weighted by molar-refractivity contribution is 9.10. The lowest BCUT2D eigenvalue weighted by molar-refractivity contribution is -0.147. The van der Waals surface area contributed by atoms with Gasteiger partial charge in [-0.15, -0.1) is 0 Å². The van der Waals surface area contributed by atoms with Crippen molar-refractivity contribution in [3.63, 3.8) is 0 Å². The summed E-state index contributed by atoms with van der Waals surface area (Å²) < 4.78 is 12.5. The number of hydrogen-bond acceptors (Lipinski definition) is 6. The third-order valence-electron chi connectivity index (χ3n) is 5.93. The smallest absolute Gasteiger partial charge is 0.346 e. The van der Waals surface area contributed by atoms with E-state index in [1.807, 2.05) is 18.2 Å². The van der Waals surface area contributed by atoms with Crippen LogP contribution in [0.2, 0.25) is 5.02 Å². The van der Waals surface area contributed by atoms with Gasteiger partial charge in [0.25, 0.3) is 5.56 Å². The van der Waals surface area contributed by atoms with Gasteiger partial charge in [-0.05, 0) is 60.0 Å². The van der Waals surface area contributed by atoms with Crippen molar-refractivity contribution in [2.24, 2.45) is 5.10 Å². The minimum Gasteiger partial charge on any atom is -0.477 e. The molecule has 0 unspecified atom stereocenters. The number of carbonyl (C=O) groups excluding carboxylic acids is 1. The van der Waals surface area contributed by atoms with Crippen molar-refractivity contribution in [2.45, 2.75) is 51.0 Å². The van der Waals surface area contributed by atoms with Gasteiger partial charge < -0.3 is 9.47 Å². The molecule has 0 N–H and O–H groups in total. The Morgan fingerprint density at radius 1 is 1.26 bits per heavy atom. The first-order valence-electron chi connectivity index (χ1n) is 11.2. The molecule has 9 heteroatoms. The van der Waals surface area contributed by atoms with Crippen molar-refractivity contribution in [2.75, 3.05) is 7.11 Å². The van der Waals surface area contributed by atoms with Gasteiger partial charge in [0.15, 0.2) is 6.10 Å². The Balaban J connectivity index is 1.81. The molecule has 1 atom stereocenters. The van der Waals surface area contributed by atoms with Crippen LogP contribution in [0.3, 0.4) is 0 Å². The minimum atomic E-state index is -0.850. The summed E-state index contributed by atoms with van der Waals surface area (Å²) in [5.41, 5.74) is 0.944. The molecule has 178 valence electrons. The molecule has 7 nitrogen and oxygen atoms in total. The summed E-state index contributed by atoms with van der Waals surface area (Å²) in [6.45, 7) is 1.59. The molecule has 3 aromatic rings. The number of esters is 1. The van der Waals surface area contributed by atoms with Crippen LogP contribution in [0.1, 0.15) is 56.3 Å². The summed E-state index contributed by atoms with van der Waals surface area (Å²) in [6, 6.07) is 10.6. The molecule has 1 fully saturated rings. The van der Waals surface area contributed by atoms with Crippen molar-refractivity contribution in [1.29, 1.82) is 0 Å². The second-order valence-electron chi connectivity index (χ2n) is 8.27. The molecular formula is C25H25BrClN3O4. The fourth-order valence-corrected chi connectivity index (χ4v) is 5.12. The van der Waals surface area contributed by atoms with Crippen LogP contribution in [0.4, 0.5) is 0 Å². The van der Waals surface area contributed by atoms with Gasteiger partial charge in [0.1, 0.15) is 11.6 Å². The average molecular weight is 547 g/mol.